The van der Waals surface area contributed by atoms with Crippen LogP contribution in [0.5, 0.6) is 0 Å². The van der Waals surface area contributed by atoms with Crippen LogP contribution in [0, 0.1) is 0 Å². The van der Waals surface area contributed by atoms with Crippen LogP contribution in [0.15, 0.2) is 0 Å². The van der Waals surface area contributed by atoms with Crippen molar-refractivity contribution in [1.29, 1.82) is 0 Å². The minimum atomic E-state index is -0.188. The van der Waals surface area contributed by atoms with Crippen LogP contribution in [0.3, 0.4) is 0 Å². The molecule has 1 aliphatic rings. The van der Waals surface area contributed by atoms with Crippen LogP contribution < -0.4 is 0 Å². The first-order valence-electron chi connectivity index (χ1n) is 4.64. The molecule has 0 radical (unpaired) electrons. The number of rotatable bonds is 4. The number of aliphatic hydroxyl groups excluding tert-OH is 1. The highest BCUT2D eigenvalue weighted by molar-refractivity contribution is 4.76. The molecule has 0 saturated heterocycles. The zero-order valence-corrected chi connectivity index (χ0v) is 7.25. The van der Waals surface area contributed by atoms with E-state index in [0.717, 1.165) is 32.3 Å². The number of unbranched alkanes of at least 4 members (excludes halogenated alkanes) is 1. The van der Waals surface area contributed by atoms with Crippen LogP contribution >= 0.6 is 0 Å². The third-order valence-electron chi connectivity index (χ3n) is 2.25. The van der Waals surface area contributed by atoms with Crippen molar-refractivity contribution in [3.63, 3.8) is 0 Å². The first kappa shape index (κ1) is 9.01. The predicted octanol–water partition coefficient (Wildman–Crippen LogP) is 1.72. The van der Waals surface area contributed by atoms with Gasteiger partial charge in [0.15, 0.2) is 0 Å². The largest absolute Gasteiger partial charge is 0.390 e. The minimum Gasteiger partial charge on any atom is -0.390 e. The molecule has 0 bridgehead atoms. The second kappa shape index (κ2) is 4.73. The summed E-state index contributed by atoms with van der Waals surface area (Å²) < 4.78 is 5.51. The van der Waals surface area contributed by atoms with Gasteiger partial charge in [-0.2, -0.15) is 0 Å². The van der Waals surface area contributed by atoms with Crippen molar-refractivity contribution >= 4 is 0 Å². The fourth-order valence-electron chi connectivity index (χ4n) is 1.48. The van der Waals surface area contributed by atoms with Crippen molar-refractivity contribution in [1.82, 2.24) is 0 Å². The van der Waals surface area contributed by atoms with Gasteiger partial charge in [0.25, 0.3) is 0 Å². The lowest BCUT2D eigenvalue weighted by molar-refractivity contribution is -0.0193. The molecule has 66 valence electrons. The Bertz CT molecular complexity index is 104. The Kier molecular flexibility index (Phi) is 3.87. The highest BCUT2D eigenvalue weighted by Gasteiger charge is 2.25. The molecule has 1 aliphatic carbocycles. The molecule has 1 saturated carbocycles. The van der Waals surface area contributed by atoms with Crippen molar-refractivity contribution in [2.24, 2.45) is 0 Å². The molecule has 0 aliphatic heterocycles. The van der Waals surface area contributed by atoms with Gasteiger partial charge in [0.2, 0.25) is 0 Å². The lowest BCUT2D eigenvalue weighted by Crippen LogP contribution is -2.22. The molecule has 0 heterocycles. The van der Waals surface area contributed by atoms with Gasteiger partial charge in [-0.15, -0.1) is 0 Å². The Morgan fingerprint density at radius 3 is 2.82 bits per heavy atom. The second-order valence-corrected chi connectivity index (χ2v) is 3.26. The van der Waals surface area contributed by atoms with E-state index < -0.39 is 0 Å². The lowest BCUT2D eigenvalue weighted by Gasteiger charge is -2.14. The van der Waals surface area contributed by atoms with Crippen molar-refractivity contribution in [2.75, 3.05) is 6.61 Å². The van der Waals surface area contributed by atoms with E-state index in [0.29, 0.717) is 0 Å². The average molecular weight is 158 g/mol. The zero-order valence-electron chi connectivity index (χ0n) is 7.25. The fraction of sp³-hybridized carbons (Fsp3) is 1.00. The molecule has 0 aromatic rings. The van der Waals surface area contributed by atoms with E-state index >= 15 is 0 Å². The molecule has 0 amide bonds. The van der Waals surface area contributed by atoms with Crippen molar-refractivity contribution in [2.45, 2.75) is 51.2 Å². The smallest absolute Gasteiger partial charge is 0.0833 e. The summed E-state index contributed by atoms with van der Waals surface area (Å²) in [5.74, 6) is 0. The first-order chi connectivity index (χ1) is 5.34. The van der Waals surface area contributed by atoms with Crippen LogP contribution in [-0.2, 0) is 4.74 Å². The number of hydrogen-bond acceptors (Lipinski definition) is 2. The SMILES string of the molecule is CCCCO[C@H]1CCC[C@@H]1O. The normalized spacial score (nSPS) is 31.1. The maximum absolute atomic E-state index is 9.36. The van der Waals surface area contributed by atoms with Crippen LogP contribution in [0.2, 0.25) is 0 Å². The molecular formula is C9H18O2. The fourth-order valence-corrected chi connectivity index (χ4v) is 1.48. The molecule has 1 fully saturated rings. The molecule has 0 aromatic heterocycles. The Balaban J connectivity index is 2.05. The summed E-state index contributed by atoms with van der Waals surface area (Å²) in [4.78, 5) is 0. The van der Waals surface area contributed by atoms with Gasteiger partial charge in [0, 0.05) is 6.61 Å². The van der Waals surface area contributed by atoms with Gasteiger partial charge in [-0.3, -0.25) is 0 Å². The van der Waals surface area contributed by atoms with Gasteiger partial charge in [0.05, 0.1) is 12.2 Å². The Morgan fingerprint density at radius 2 is 2.27 bits per heavy atom. The van der Waals surface area contributed by atoms with E-state index in [1.165, 1.54) is 6.42 Å². The van der Waals surface area contributed by atoms with Gasteiger partial charge in [-0.05, 0) is 25.7 Å². The van der Waals surface area contributed by atoms with Gasteiger partial charge >= 0.3 is 0 Å². The molecule has 2 heteroatoms. The zero-order chi connectivity index (χ0) is 8.10. The molecule has 1 rings (SSSR count). The van der Waals surface area contributed by atoms with Crippen molar-refractivity contribution in [3.05, 3.63) is 0 Å². The quantitative estimate of drug-likeness (QED) is 0.631. The van der Waals surface area contributed by atoms with Crippen LogP contribution in [0.4, 0.5) is 0 Å². The standard InChI is InChI=1S/C9H18O2/c1-2-3-7-11-9-6-4-5-8(9)10/h8-10H,2-7H2,1H3/t8-,9-/m0/s1. The van der Waals surface area contributed by atoms with Gasteiger partial charge in [-0.1, -0.05) is 13.3 Å². The van der Waals surface area contributed by atoms with E-state index in [1.54, 1.807) is 0 Å². The van der Waals surface area contributed by atoms with Crippen molar-refractivity contribution in [3.8, 4) is 0 Å². The number of hydrogen-bond donors (Lipinski definition) is 1. The van der Waals surface area contributed by atoms with Gasteiger partial charge < -0.3 is 9.84 Å². The van der Waals surface area contributed by atoms with E-state index in [2.05, 4.69) is 6.92 Å². The molecule has 2 atom stereocenters. The summed E-state index contributed by atoms with van der Waals surface area (Å²) in [5, 5.41) is 9.36. The van der Waals surface area contributed by atoms with E-state index in [9.17, 15) is 5.11 Å². The summed E-state index contributed by atoms with van der Waals surface area (Å²) in [7, 11) is 0. The maximum atomic E-state index is 9.36. The van der Waals surface area contributed by atoms with E-state index in [1.807, 2.05) is 0 Å². The Hall–Kier alpha value is -0.0800. The average Bonchev–Trinajstić information content (AvgIpc) is 2.37. The summed E-state index contributed by atoms with van der Waals surface area (Å²) in [6.45, 7) is 2.96. The molecule has 0 unspecified atom stereocenters. The van der Waals surface area contributed by atoms with Gasteiger partial charge in [-0.25, -0.2) is 0 Å². The summed E-state index contributed by atoms with van der Waals surface area (Å²) in [5.41, 5.74) is 0. The van der Waals surface area contributed by atoms with E-state index in [-0.39, 0.29) is 12.2 Å². The topological polar surface area (TPSA) is 29.5 Å². The summed E-state index contributed by atoms with van der Waals surface area (Å²) in [6, 6.07) is 0. The van der Waals surface area contributed by atoms with Crippen LogP contribution in [0.1, 0.15) is 39.0 Å². The first-order valence-corrected chi connectivity index (χ1v) is 4.64. The minimum absolute atomic E-state index is 0.140. The van der Waals surface area contributed by atoms with Crippen LogP contribution in [0.25, 0.3) is 0 Å². The Labute approximate surface area is 68.6 Å². The molecule has 11 heavy (non-hydrogen) atoms. The molecule has 0 spiro atoms. The highest BCUT2D eigenvalue weighted by Crippen LogP contribution is 2.21. The van der Waals surface area contributed by atoms with E-state index in [4.69, 9.17) is 4.74 Å². The highest BCUT2D eigenvalue weighted by atomic mass is 16.5. The molecular weight excluding hydrogens is 140 g/mol. The molecule has 0 aromatic carbocycles. The third-order valence-corrected chi connectivity index (χ3v) is 2.25. The maximum Gasteiger partial charge on any atom is 0.0833 e. The summed E-state index contributed by atoms with van der Waals surface area (Å²) >= 11 is 0. The lowest BCUT2D eigenvalue weighted by atomic mass is 10.2. The van der Waals surface area contributed by atoms with Crippen molar-refractivity contribution < 1.29 is 9.84 Å². The number of aliphatic hydroxyl groups is 1. The Morgan fingerprint density at radius 1 is 1.45 bits per heavy atom. The predicted molar refractivity (Wildman–Crippen MR) is 44.5 cm³/mol. The third kappa shape index (κ3) is 2.80. The monoisotopic (exact) mass is 158 g/mol. The molecule has 1 N–H and O–H groups in total. The summed E-state index contributed by atoms with van der Waals surface area (Å²) in [6.07, 6.45) is 5.33. The van der Waals surface area contributed by atoms with Crippen LogP contribution in [-0.4, -0.2) is 23.9 Å². The molecule has 2 nitrogen and oxygen atoms in total. The second-order valence-electron chi connectivity index (χ2n) is 3.26. The van der Waals surface area contributed by atoms with Gasteiger partial charge in [0.1, 0.15) is 0 Å². The number of ether oxygens (including phenoxy) is 1.